The smallest absolute Gasteiger partial charge is 0.267 e. The van der Waals surface area contributed by atoms with Crippen molar-refractivity contribution in [3.63, 3.8) is 0 Å². The van der Waals surface area contributed by atoms with Crippen LogP contribution < -0.4 is 14.4 Å². The molecular weight excluding hydrogens is 388 g/mol. The highest BCUT2D eigenvalue weighted by Crippen LogP contribution is 2.38. The molecule has 0 unspecified atom stereocenters. The Morgan fingerprint density at radius 2 is 1.83 bits per heavy atom. The molecule has 1 heterocycles. The minimum atomic E-state index is -3.58. The second-order valence-corrected chi connectivity index (χ2v) is 10.3. The molecule has 1 amide bonds. The summed E-state index contributed by atoms with van der Waals surface area (Å²) in [6.07, 6.45) is 1.12. The van der Waals surface area contributed by atoms with Gasteiger partial charge in [0, 0.05) is 5.69 Å². The van der Waals surface area contributed by atoms with Gasteiger partial charge >= 0.3 is 0 Å². The lowest BCUT2D eigenvalue weighted by Crippen LogP contribution is -2.48. The van der Waals surface area contributed by atoms with Gasteiger partial charge in [0.25, 0.3) is 5.91 Å². The lowest BCUT2D eigenvalue weighted by atomic mass is 9.86. The van der Waals surface area contributed by atoms with Gasteiger partial charge in [-0.15, -0.1) is 0 Å². The Hall–Kier alpha value is -2.54. The van der Waals surface area contributed by atoms with Crippen LogP contribution in [0.15, 0.2) is 42.5 Å². The van der Waals surface area contributed by atoms with E-state index in [0.717, 1.165) is 18.2 Å². The maximum Gasteiger partial charge on any atom is 0.267 e. The topological polar surface area (TPSA) is 75.7 Å². The number of carbonyl (C=O) groups is 1. The molecule has 0 aromatic heterocycles. The van der Waals surface area contributed by atoms with Crippen LogP contribution >= 0.6 is 0 Å². The van der Waals surface area contributed by atoms with Crippen LogP contribution in [0.1, 0.15) is 38.8 Å². The number of hydrogen-bond acceptors (Lipinski definition) is 4. The van der Waals surface area contributed by atoms with Crippen LogP contribution in [0.2, 0.25) is 0 Å². The molecule has 2 aromatic rings. The largest absolute Gasteiger partial charge is 0.476 e. The van der Waals surface area contributed by atoms with Gasteiger partial charge in [0.2, 0.25) is 10.0 Å². The SMILES string of the molecule is CCc1ccc(NC(=O)[C@@H]2CN(S(C)(=O)=O)c3cc(C(C)(C)C)ccc3O2)cc1. The summed E-state index contributed by atoms with van der Waals surface area (Å²) >= 11 is 0. The summed E-state index contributed by atoms with van der Waals surface area (Å²) in [5.74, 6) is 0.00426. The molecule has 0 saturated heterocycles. The number of aryl methyl sites for hydroxylation is 1. The predicted octanol–water partition coefficient (Wildman–Crippen LogP) is 3.71. The molecule has 0 aliphatic carbocycles. The molecule has 156 valence electrons. The number of nitrogens with one attached hydrogen (secondary N) is 1. The molecule has 3 rings (SSSR count). The summed E-state index contributed by atoms with van der Waals surface area (Å²) in [7, 11) is -3.58. The summed E-state index contributed by atoms with van der Waals surface area (Å²) in [4.78, 5) is 12.8. The van der Waals surface area contributed by atoms with E-state index in [0.29, 0.717) is 17.1 Å². The number of ether oxygens (including phenoxy) is 1. The summed E-state index contributed by atoms with van der Waals surface area (Å²) in [5, 5.41) is 2.82. The maximum atomic E-state index is 12.8. The van der Waals surface area contributed by atoms with Gasteiger partial charge in [0.1, 0.15) is 5.75 Å². The zero-order valence-electron chi connectivity index (χ0n) is 17.5. The number of hydrogen-bond donors (Lipinski definition) is 1. The van der Waals surface area contributed by atoms with Gasteiger partial charge in [-0.2, -0.15) is 0 Å². The highest BCUT2D eigenvalue weighted by molar-refractivity contribution is 7.92. The van der Waals surface area contributed by atoms with Crippen LogP contribution in [-0.4, -0.2) is 33.2 Å². The number of carbonyl (C=O) groups excluding carboxylic acids is 1. The van der Waals surface area contributed by atoms with Gasteiger partial charge in [0.15, 0.2) is 6.10 Å². The van der Waals surface area contributed by atoms with E-state index in [2.05, 4.69) is 33.0 Å². The van der Waals surface area contributed by atoms with Gasteiger partial charge in [-0.25, -0.2) is 8.42 Å². The first-order chi connectivity index (χ1) is 13.5. The van der Waals surface area contributed by atoms with Crippen molar-refractivity contribution in [1.82, 2.24) is 0 Å². The Labute approximate surface area is 172 Å². The number of fused-ring (bicyclic) bond motifs is 1. The fraction of sp³-hybridized carbons (Fsp3) is 0.409. The number of anilines is 2. The first kappa shape index (κ1) is 21.2. The maximum absolute atomic E-state index is 12.8. The van der Waals surface area contributed by atoms with Crippen LogP contribution in [0.3, 0.4) is 0 Å². The van der Waals surface area contributed by atoms with Gasteiger partial charge in [-0.05, 0) is 47.2 Å². The quantitative estimate of drug-likeness (QED) is 0.824. The molecule has 1 aliphatic rings. The third kappa shape index (κ3) is 4.72. The van der Waals surface area contributed by atoms with E-state index < -0.39 is 16.1 Å². The zero-order valence-corrected chi connectivity index (χ0v) is 18.3. The van der Waals surface area contributed by atoms with E-state index in [9.17, 15) is 13.2 Å². The van der Waals surface area contributed by atoms with Crippen LogP contribution in [0, 0.1) is 0 Å². The van der Waals surface area contributed by atoms with Crippen LogP contribution in [0.25, 0.3) is 0 Å². The number of sulfonamides is 1. The third-order valence-corrected chi connectivity index (χ3v) is 6.16. The first-order valence-electron chi connectivity index (χ1n) is 9.67. The molecule has 1 aliphatic heterocycles. The van der Waals surface area contributed by atoms with Crippen molar-refractivity contribution >= 4 is 27.3 Å². The van der Waals surface area contributed by atoms with E-state index in [1.54, 1.807) is 6.07 Å². The fourth-order valence-corrected chi connectivity index (χ4v) is 4.12. The van der Waals surface area contributed by atoms with Crippen molar-refractivity contribution in [3.05, 3.63) is 53.6 Å². The van der Waals surface area contributed by atoms with E-state index in [-0.39, 0.29) is 17.9 Å². The number of rotatable bonds is 4. The van der Waals surface area contributed by atoms with E-state index in [4.69, 9.17) is 4.74 Å². The Morgan fingerprint density at radius 3 is 2.38 bits per heavy atom. The number of nitrogens with zero attached hydrogens (tertiary/aromatic N) is 1. The average molecular weight is 417 g/mol. The van der Waals surface area contributed by atoms with Gasteiger partial charge in [-0.3, -0.25) is 9.10 Å². The van der Waals surface area contributed by atoms with Crippen molar-refractivity contribution < 1.29 is 17.9 Å². The van der Waals surface area contributed by atoms with Crippen LogP contribution in [-0.2, 0) is 26.7 Å². The highest BCUT2D eigenvalue weighted by atomic mass is 32.2. The molecule has 1 atom stereocenters. The molecule has 1 N–H and O–H groups in total. The second-order valence-electron chi connectivity index (χ2n) is 8.37. The molecule has 2 aromatic carbocycles. The highest BCUT2D eigenvalue weighted by Gasteiger charge is 2.35. The minimum Gasteiger partial charge on any atom is -0.476 e. The summed E-state index contributed by atoms with van der Waals surface area (Å²) in [6.45, 7) is 8.17. The van der Waals surface area contributed by atoms with Gasteiger partial charge < -0.3 is 10.1 Å². The zero-order chi connectivity index (χ0) is 21.4. The van der Waals surface area contributed by atoms with Crippen LogP contribution in [0.5, 0.6) is 5.75 Å². The van der Waals surface area contributed by atoms with Crippen molar-refractivity contribution in [2.45, 2.75) is 45.6 Å². The predicted molar refractivity (Wildman–Crippen MR) is 116 cm³/mol. The molecule has 7 heteroatoms. The van der Waals surface area contributed by atoms with Crippen molar-refractivity contribution in [3.8, 4) is 5.75 Å². The lowest BCUT2D eigenvalue weighted by molar-refractivity contribution is -0.122. The summed E-state index contributed by atoms with van der Waals surface area (Å²) in [6, 6.07) is 13.0. The molecule has 6 nitrogen and oxygen atoms in total. The fourth-order valence-electron chi connectivity index (χ4n) is 3.21. The summed E-state index contributed by atoms with van der Waals surface area (Å²) in [5.41, 5.74) is 3.14. The van der Waals surface area contributed by atoms with E-state index >= 15 is 0 Å². The normalized spacial score (nSPS) is 16.7. The van der Waals surface area contributed by atoms with Gasteiger partial charge in [0.05, 0.1) is 18.5 Å². The first-order valence-corrected chi connectivity index (χ1v) is 11.5. The Bertz CT molecular complexity index is 1010. The standard InChI is InChI=1S/C22H28N2O4S/c1-6-15-7-10-17(11-8-15)23-21(25)20-14-24(29(5,26)27)18-13-16(22(2,3)4)9-12-19(18)28-20/h7-13,20H,6,14H2,1-5H3,(H,23,25)/t20-/m0/s1. The van der Waals surface area contributed by atoms with E-state index in [1.807, 2.05) is 36.4 Å². The molecule has 0 radical (unpaired) electrons. The molecule has 0 fully saturated rings. The Balaban J connectivity index is 1.89. The van der Waals surface area contributed by atoms with Gasteiger partial charge in [-0.1, -0.05) is 45.9 Å². The molecule has 0 bridgehead atoms. The van der Waals surface area contributed by atoms with Crippen molar-refractivity contribution in [2.75, 3.05) is 22.4 Å². The molecule has 0 saturated carbocycles. The number of amides is 1. The van der Waals surface area contributed by atoms with Crippen molar-refractivity contribution in [2.24, 2.45) is 0 Å². The lowest BCUT2D eigenvalue weighted by Gasteiger charge is -2.35. The summed E-state index contributed by atoms with van der Waals surface area (Å²) < 4.78 is 32.0. The monoisotopic (exact) mass is 416 g/mol. The third-order valence-electron chi connectivity index (χ3n) is 5.02. The Kier molecular flexibility index (Phi) is 5.63. The van der Waals surface area contributed by atoms with Crippen LogP contribution in [0.4, 0.5) is 11.4 Å². The average Bonchev–Trinajstić information content (AvgIpc) is 2.65. The second kappa shape index (κ2) is 7.71. The van der Waals surface area contributed by atoms with E-state index in [1.165, 1.54) is 9.87 Å². The molecule has 29 heavy (non-hydrogen) atoms. The minimum absolute atomic E-state index is 0.0711. The van der Waals surface area contributed by atoms with Crippen molar-refractivity contribution in [1.29, 1.82) is 0 Å². The molecular formula is C22H28N2O4S. The number of benzene rings is 2. The Morgan fingerprint density at radius 1 is 1.17 bits per heavy atom. The molecule has 0 spiro atoms.